The second-order valence-electron chi connectivity index (χ2n) is 4.57. The molecule has 2 rings (SSSR count). The van der Waals surface area contributed by atoms with Crippen molar-refractivity contribution >= 4 is 17.5 Å². The molecule has 1 amide bonds. The first-order valence-corrected chi connectivity index (χ1v) is 6.70. The molecule has 0 aliphatic carbocycles. The number of piperidine rings is 1. The van der Waals surface area contributed by atoms with Crippen LogP contribution in [0.4, 0.5) is 0 Å². The highest BCUT2D eigenvalue weighted by molar-refractivity contribution is 6.31. The smallest absolute Gasteiger partial charge is 0.257 e. The van der Waals surface area contributed by atoms with Crippen molar-refractivity contribution < 1.29 is 9.53 Å². The number of nitrogens with zero attached hydrogens (tertiary/aromatic N) is 4. The summed E-state index contributed by atoms with van der Waals surface area (Å²) in [5.74, 6) is 0.403. The monoisotopic (exact) mass is 294 g/mol. The van der Waals surface area contributed by atoms with Gasteiger partial charge >= 0.3 is 0 Å². The summed E-state index contributed by atoms with van der Waals surface area (Å²) in [5, 5.41) is 4.19. The molecule has 0 radical (unpaired) electrons. The summed E-state index contributed by atoms with van der Waals surface area (Å²) >= 11 is 5.94. The van der Waals surface area contributed by atoms with Gasteiger partial charge in [-0.15, -0.1) is 0 Å². The molecule has 1 aliphatic heterocycles. The first-order chi connectivity index (χ1) is 9.65. The number of likely N-dealkylation sites (tertiary alicyclic amines) is 1. The van der Waals surface area contributed by atoms with Gasteiger partial charge in [0.1, 0.15) is 5.75 Å². The standard InChI is InChI=1S/C13H15ClN4O2/c1-20-12-3-2-9(14)8-11(12)13(19)18-6-4-10(5-7-18)16-17-15/h2-3,8,10H,4-7H2,1H3. The molecule has 1 heterocycles. The summed E-state index contributed by atoms with van der Waals surface area (Å²) in [4.78, 5) is 17.0. The molecule has 1 aliphatic rings. The second-order valence-corrected chi connectivity index (χ2v) is 5.01. The molecule has 0 bridgehead atoms. The van der Waals surface area contributed by atoms with Crippen molar-refractivity contribution in [1.82, 2.24) is 4.90 Å². The number of rotatable bonds is 3. The molecule has 0 unspecified atom stereocenters. The zero-order valence-corrected chi connectivity index (χ0v) is 11.9. The normalized spacial score (nSPS) is 15.6. The van der Waals surface area contributed by atoms with Gasteiger partial charge in [-0.05, 0) is 36.6 Å². The van der Waals surface area contributed by atoms with Crippen LogP contribution >= 0.6 is 11.6 Å². The minimum atomic E-state index is -0.108. The number of carbonyl (C=O) groups is 1. The Kier molecular flexibility index (Phi) is 4.71. The average Bonchev–Trinajstić information content (AvgIpc) is 2.47. The van der Waals surface area contributed by atoms with E-state index in [0.717, 1.165) is 0 Å². The number of benzene rings is 1. The van der Waals surface area contributed by atoms with Crippen molar-refractivity contribution in [3.63, 3.8) is 0 Å². The summed E-state index contributed by atoms with van der Waals surface area (Å²) in [6, 6.07) is 4.96. The van der Waals surface area contributed by atoms with Crippen molar-refractivity contribution in [3.8, 4) is 5.75 Å². The first-order valence-electron chi connectivity index (χ1n) is 6.32. The maximum atomic E-state index is 12.5. The molecule has 0 aromatic heterocycles. The molecular weight excluding hydrogens is 280 g/mol. The van der Waals surface area contributed by atoms with Gasteiger partial charge in [0.25, 0.3) is 5.91 Å². The lowest BCUT2D eigenvalue weighted by atomic mass is 10.0. The Labute approximate surface area is 121 Å². The van der Waals surface area contributed by atoms with Crippen LogP contribution in [0.15, 0.2) is 23.3 Å². The van der Waals surface area contributed by atoms with Crippen molar-refractivity contribution in [1.29, 1.82) is 0 Å². The molecule has 0 spiro atoms. The molecule has 1 aromatic carbocycles. The third kappa shape index (κ3) is 3.15. The SMILES string of the molecule is COc1ccc(Cl)cc1C(=O)N1CCC(N=[N+]=[N-])CC1. The number of methoxy groups -OCH3 is 1. The van der Waals surface area contributed by atoms with Gasteiger partial charge in [-0.1, -0.05) is 16.7 Å². The molecule has 1 aromatic rings. The highest BCUT2D eigenvalue weighted by atomic mass is 35.5. The molecular formula is C13H15ClN4O2. The van der Waals surface area contributed by atoms with Crippen LogP contribution < -0.4 is 4.74 Å². The summed E-state index contributed by atoms with van der Waals surface area (Å²) in [7, 11) is 1.52. The molecule has 20 heavy (non-hydrogen) atoms. The van der Waals surface area contributed by atoms with E-state index in [4.69, 9.17) is 21.9 Å². The maximum absolute atomic E-state index is 12.5. The van der Waals surface area contributed by atoms with E-state index in [-0.39, 0.29) is 11.9 Å². The van der Waals surface area contributed by atoms with Crippen molar-refractivity contribution in [3.05, 3.63) is 39.2 Å². The lowest BCUT2D eigenvalue weighted by Crippen LogP contribution is -2.39. The largest absolute Gasteiger partial charge is 0.496 e. The van der Waals surface area contributed by atoms with Crippen LogP contribution in [0, 0.1) is 0 Å². The van der Waals surface area contributed by atoms with E-state index in [1.807, 2.05) is 0 Å². The quantitative estimate of drug-likeness (QED) is 0.487. The summed E-state index contributed by atoms with van der Waals surface area (Å²) in [6.45, 7) is 1.14. The number of amides is 1. The minimum absolute atomic E-state index is 0.0229. The number of halogens is 1. The second kappa shape index (κ2) is 6.50. The Morgan fingerprint density at radius 2 is 2.20 bits per heavy atom. The van der Waals surface area contributed by atoms with Crippen LogP contribution in [0.25, 0.3) is 10.4 Å². The predicted molar refractivity (Wildman–Crippen MR) is 76.1 cm³/mol. The number of azide groups is 1. The van der Waals surface area contributed by atoms with Crippen LogP contribution in [-0.2, 0) is 0 Å². The third-order valence-corrected chi connectivity index (χ3v) is 3.59. The van der Waals surface area contributed by atoms with E-state index < -0.39 is 0 Å². The lowest BCUT2D eigenvalue weighted by molar-refractivity contribution is 0.0711. The van der Waals surface area contributed by atoms with E-state index in [0.29, 0.717) is 42.3 Å². The van der Waals surface area contributed by atoms with Gasteiger partial charge in [0.05, 0.1) is 12.7 Å². The topological polar surface area (TPSA) is 78.3 Å². The fourth-order valence-corrected chi connectivity index (χ4v) is 2.45. The number of hydrogen-bond donors (Lipinski definition) is 0. The highest BCUT2D eigenvalue weighted by Crippen LogP contribution is 2.25. The van der Waals surface area contributed by atoms with Crippen molar-refractivity contribution in [2.45, 2.75) is 18.9 Å². The Balaban J connectivity index is 2.12. The van der Waals surface area contributed by atoms with Gasteiger partial charge in [-0.25, -0.2) is 0 Å². The summed E-state index contributed by atoms with van der Waals surface area (Å²) in [6.07, 6.45) is 1.36. The average molecular weight is 295 g/mol. The number of hydrogen-bond acceptors (Lipinski definition) is 3. The van der Waals surface area contributed by atoms with Gasteiger partial charge in [-0.3, -0.25) is 4.79 Å². The highest BCUT2D eigenvalue weighted by Gasteiger charge is 2.25. The summed E-state index contributed by atoms with van der Waals surface area (Å²) < 4.78 is 5.20. The maximum Gasteiger partial charge on any atom is 0.257 e. The predicted octanol–water partition coefficient (Wildman–Crippen LogP) is 3.26. The molecule has 1 fully saturated rings. The molecule has 7 heteroatoms. The number of carbonyl (C=O) groups excluding carboxylic acids is 1. The van der Waals surface area contributed by atoms with Gasteiger partial charge in [0.15, 0.2) is 0 Å². The van der Waals surface area contributed by atoms with E-state index in [1.165, 1.54) is 7.11 Å². The fourth-order valence-electron chi connectivity index (χ4n) is 2.28. The van der Waals surface area contributed by atoms with Gasteiger partial charge in [0, 0.05) is 29.1 Å². The first kappa shape index (κ1) is 14.5. The van der Waals surface area contributed by atoms with Crippen LogP contribution in [-0.4, -0.2) is 37.0 Å². The van der Waals surface area contributed by atoms with E-state index in [2.05, 4.69) is 10.0 Å². The van der Waals surface area contributed by atoms with Gasteiger partial charge in [0.2, 0.25) is 0 Å². The molecule has 106 valence electrons. The summed E-state index contributed by atoms with van der Waals surface area (Å²) in [5.41, 5.74) is 8.88. The molecule has 6 nitrogen and oxygen atoms in total. The van der Waals surface area contributed by atoms with Gasteiger partial charge < -0.3 is 9.64 Å². The Morgan fingerprint density at radius 1 is 1.50 bits per heavy atom. The Hall–Kier alpha value is -1.91. The van der Waals surface area contributed by atoms with Crippen molar-refractivity contribution in [2.75, 3.05) is 20.2 Å². The van der Waals surface area contributed by atoms with Crippen LogP contribution in [0.1, 0.15) is 23.2 Å². The zero-order valence-electron chi connectivity index (χ0n) is 11.1. The minimum Gasteiger partial charge on any atom is -0.496 e. The Bertz CT molecular complexity index is 549. The molecule has 0 N–H and O–H groups in total. The van der Waals surface area contributed by atoms with Crippen LogP contribution in [0.2, 0.25) is 5.02 Å². The van der Waals surface area contributed by atoms with E-state index in [1.54, 1.807) is 23.1 Å². The lowest BCUT2D eigenvalue weighted by Gasteiger charge is -2.30. The molecule has 0 atom stereocenters. The van der Waals surface area contributed by atoms with Gasteiger partial charge in [-0.2, -0.15) is 0 Å². The Morgan fingerprint density at radius 3 is 2.80 bits per heavy atom. The van der Waals surface area contributed by atoms with Crippen LogP contribution in [0.5, 0.6) is 5.75 Å². The van der Waals surface area contributed by atoms with E-state index >= 15 is 0 Å². The molecule has 1 saturated heterocycles. The number of ether oxygens (including phenoxy) is 1. The molecule has 0 saturated carbocycles. The van der Waals surface area contributed by atoms with E-state index in [9.17, 15) is 4.79 Å². The fraction of sp³-hybridized carbons (Fsp3) is 0.462. The third-order valence-electron chi connectivity index (χ3n) is 3.36. The zero-order chi connectivity index (χ0) is 14.5. The van der Waals surface area contributed by atoms with Crippen LogP contribution in [0.3, 0.4) is 0 Å². The van der Waals surface area contributed by atoms with Crippen molar-refractivity contribution in [2.24, 2.45) is 5.11 Å².